The second kappa shape index (κ2) is 40.6. The number of rotatable bonds is 32. The second-order valence-electron chi connectivity index (χ2n) is 14.7. The summed E-state index contributed by atoms with van der Waals surface area (Å²) in [5.74, 6) is -1.35. The Hall–Kier alpha value is -2.21. The van der Waals surface area contributed by atoms with Crippen LogP contribution in [0, 0.1) is 0 Å². The van der Waals surface area contributed by atoms with Gasteiger partial charge in [-0.2, -0.15) is 0 Å². The molecule has 0 bridgehead atoms. The Morgan fingerprint density at radius 3 is 1.35 bits per heavy atom. The first kappa shape index (κ1) is 53.1. The van der Waals surface area contributed by atoms with Gasteiger partial charge in [-0.1, -0.05) is 147 Å². The molecule has 0 aliphatic carbocycles. The SMILES string of the molecule is C.CCCCC/C=C\C/C=C\CCCCCCCC(F)CC(=O)O.CCCCC/C=C\C/C=C\CCCCCCCC(O)CC(=O)OC(C)(C)C. The molecule has 0 amide bonds. The van der Waals surface area contributed by atoms with Crippen LogP contribution in [0.2, 0.25) is 0 Å². The van der Waals surface area contributed by atoms with Gasteiger partial charge < -0.3 is 14.9 Å². The van der Waals surface area contributed by atoms with Gasteiger partial charge in [-0.05, 0) is 97.8 Å². The Morgan fingerprint density at radius 1 is 0.588 bits per heavy atom. The number of carboxylic acid groups (broad SMARTS) is 1. The van der Waals surface area contributed by atoms with Crippen LogP contribution < -0.4 is 0 Å². The summed E-state index contributed by atoms with van der Waals surface area (Å²) < 4.78 is 18.3. The Labute approximate surface area is 315 Å². The molecule has 0 fully saturated rings. The van der Waals surface area contributed by atoms with E-state index >= 15 is 0 Å². The summed E-state index contributed by atoms with van der Waals surface area (Å²) in [5.41, 5.74) is -0.476. The monoisotopic (exact) mass is 723 g/mol. The van der Waals surface area contributed by atoms with E-state index in [-0.39, 0.29) is 26.2 Å². The van der Waals surface area contributed by atoms with Crippen molar-refractivity contribution >= 4 is 11.9 Å². The molecule has 0 radical (unpaired) electrons. The van der Waals surface area contributed by atoms with Crippen molar-refractivity contribution in [2.45, 2.75) is 227 Å². The highest BCUT2D eigenvalue weighted by Gasteiger charge is 2.19. The molecule has 2 N–H and O–H groups in total. The van der Waals surface area contributed by atoms with E-state index in [1.165, 1.54) is 83.5 Å². The fourth-order valence-electron chi connectivity index (χ4n) is 5.34. The minimum absolute atomic E-state index is 0. The molecule has 0 rings (SSSR count). The Kier molecular flexibility index (Phi) is 42.3. The second-order valence-corrected chi connectivity index (χ2v) is 14.7. The van der Waals surface area contributed by atoms with Crippen LogP contribution in [0.25, 0.3) is 0 Å². The van der Waals surface area contributed by atoms with Gasteiger partial charge in [0.25, 0.3) is 0 Å². The zero-order valence-electron chi connectivity index (χ0n) is 33.2. The van der Waals surface area contributed by atoms with Gasteiger partial charge in [-0.25, -0.2) is 4.39 Å². The number of carbonyl (C=O) groups is 2. The molecule has 0 aliphatic rings. The number of carbonyl (C=O) groups excluding carboxylic acids is 1. The largest absolute Gasteiger partial charge is 0.481 e. The predicted molar refractivity (Wildman–Crippen MR) is 219 cm³/mol. The summed E-state index contributed by atoms with van der Waals surface area (Å²) in [6, 6.07) is 0. The zero-order valence-corrected chi connectivity index (χ0v) is 33.2. The van der Waals surface area contributed by atoms with Crippen LogP contribution in [0.5, 0.6) is 0 Å². The van der Waals surface area contributed by atoms with Crippen molar-refractivity contribution in [3.8, 4) is 0 Å². The zero-order chi connectivity index (χ0) is 37.6. The standard InChI is InChI=1S/C24H44O3.C20H35FO2.CH4/c1-5-6-7-8-9-10-11-12-13-14-15-16-17-18-19-20-22(25)21-23(26)27-24(2,3)4;1-2-3-4-5-6-7-8-9-10-11-12-13-14-15-16-17-19(21)18-20(22)23;/h9-10,12-13,22,25H,5-8,11,14-21H2,1-4H3;6-7,9-10,19H,2-5,8,11-18H2,1H3,(H,22,23);1H4/b10-9-,13-12-;7-6-,10-9-;. The van der Waals surface area contributed by atoms with E-state index < -0.39 is 23.8 Å². The number of allylic oxidation sites excluding steroid dienone is 8. The average molecular weight is 723 g/mol. The number of esters is 1. The normalized spacial score (nSPS) is 13.1. The van der Waals surface area contributed by atoms with Gasteiger partial charge in [0.15, 0.2) is 0 Å². The minimum atomic E-state index is -1.18. The van der Waals surface area contributed by atoms with E-state index in [9.17, 15) is 19.1 Å². The number of ether oxygens (including phenoxy) is 1. The number of aliphatic carboxylic acids is 1. The average Bonchev–Trinajstić information content (AvgIpc) is 3.03. The van der Waals surface area contributed by atoms with Crippen molar-refractivity contribution in [1.82, 2.24) is 0 Å². The topological polar surface area (TPSA) is 83.8 Å². The lowest BCUT2D eigenvalue weighted by molar-refractivity contribution is -0.157. The molecule has 2 unspecified atom stereocenters. The maximum atomic E-state index is 13.1. The third kappa shape index (κ3) is 49.9. The number of carboxylic acids is 1. The Balaban J connectivity index is -0.000000897. The van der Waals surface area contributed by atoms with Crippen LogP contribution >= 0.6 is 0 Å². The quantitative estimate of drug-likeness (QED) is 0.0410. The van der Waals surface area contributed by atoms with Gasteiger partial charge in [0.1, 0.15) is 11.8 Å². The molecule has 0 aromatic carbocycles. The Bertz CT molecular complexity index is 870. The van der Waals surface area contributed by atoms with Crippen LogP contribution in [0.1, 0.15) is 209 Å². The third-order valence-corrected chi connectivity index (χ3v) is 8.17. The van der Waals surface area contributed by atoms with E-state index in [0.717, 1.165) is 57.8 Å². The highest BCUT2D eigenvalue weighted by molar-refractivity contribution is 5.70. The maximum absolute atomic E-state index is 13.1. The molecule has 300 valence electrons. The number of aliphatic hydroxyl groups excluding tert-OH is 1. The fourth-order valence-corrected chi connectivity index (χ4v) is 5.34. The van der Waals surface area contributed by atoms with Gasteiger partial charge in [-0.15, -0.1) is 0 Å². The Morgan fingerprint density at radius 2 is 0.961 bits per heavy atom. The van der Waals surface area contributed by atoms with Crippen LogP contribution in [-0.4, -0.2) is 40.0 Å². The molecular formula is C45H83FO5. The molecular weight excluding hydrogens is 639 g/mol. The number of alkyl halides is 1. The van der Waals surface area contributed by atoms with E-state index in [1.54, 1.807) is 0 Å². The number of unbranched alkanes of at least 4 members (excludes halogenated alkanes) is 16. The molecule has 0 saturated heterocycles. The summed E-state index contributed by atoms with van der Waals surface area (Å²) in [6.45, 7) is 10.00. The molecule has 2 atom stereocenters. The van der Waals surface area contributed by atoms with E-state index in [2.05, 4.69) is 62.5 Å². The first-order chi connectivity index (χ1) is 24.0. The van der Waals surface area contributed by atoms with Gasteiger partial charge in [-0.3, -0.25) is 9.59 Å². The lowest BCUT2D eigenvalue weighted by Gasteiger charge is -2.20. The summed E-state index contributed by atoms with van der Waals surface area (Å²) in [7, 11) is 0. The molecule has 5 nitrogen and oxygen atoms in total. The van der Waals surface area contributed by atoms with Crippen LogP contribution in [0.4, 0.5) is 4.39 Å². The summed E-state index contributed by atoms with van der Waals surface area (Å²) in [5, 5.41) is 18.4. The fraction of sp³-hybridized carbons (Fsp3) is 0.778. The highest BCUT2D eigenvalue weighted by Crippen LogP contribution is 2.15. The smallest absolute Gasteiger partial charge is 0.308 e. The van der Waals surface area contributed by atoms with Crippen molar-refractivity contribution in [2.24, 2.45) is 0 Å². The number of aliphatic hydroxyl groups is 1. The maximum Gasteiger partial charge on any atom is 0.308 e. The minimum Gasteiger partial charge on any atom is -0.481 e. The number of halogens is 1. The van der Waals surface area contributed by atoms with Crippen molar-refractivity contribution in [2.75, 3.05) is 0 Å². The van der Waals surface area contributed by atoms with Crippen molar-refractivity contribution in [3.05, 3.63) is 48.6 Å². The van der Waals surface area contributed by atoms with Crippen LogP contribution in [-0.2, 0) is 14.3 Å². The third-order valence-electron chi connectivity index (χ3n) is 8.17. The molecule has 0 aliphatic heterocycles. The van der Waals surface area contributed by atoms with Gasteiger partial charge in [0.05, 0.1) is 18.9 Å². The van der Waals surface area contributed by atoms with E-state index in [0.29, 0.717) is 12.8 Å². The number of hydrogen-bond donors (Lipinski definition) is 2. The molecule has 51 heavy (non-hydrogen) atoms. The molecule has 0 heterocycles. The molecule has 0 aromatic rings. The highest BCUT2D eigenvalue weighted by atomic mass is 19.1. The summed E-state index contributed by atoms with van der Waals surface area (Å²) >= 11 is 0. The predicted octanol–water partition coefficient (Wildman–Crippen LogP) is 14.1. The van der Waals surface area contributed by atoms with Crippen molar-refractivity contribution < 1.29 is 28.9 Å². The van der Waals surface area contributed by atoms with Crippen molar-refractivity contribution in [1.29, 1.82) is 0 Å². The molecule has 6 heteroatoms. The lowest BCUT2D eigenvalue weighted by Crippen LogP contribution is -2.26. The first-order valence-electron chi connectivity index (χ1n) is 20.4. The lowest BCUT2D eigenvalue weighted by atomic mass is 10.1. The van der Waals surface area contributed by atoms with E-state index in [1.807, 2.05) is 20.8 Å². The van der Waals surface area contributed by atoms with Crippen molar-refractivity contribution in [3.63, 3.8) is 0 Å². The molecule has 0 aromatic heterocycles. The van der Waals surface area contributed by atoms with Gasteiger partial charge in [0.2, 0.25) is 0 Å². The molecule has 0 saturated carbocycles. The first-order valence-corrected chi connectivity index (χ1v) is 20.4. The number of hydrogen-bond acceptors (Lipinski definition) is 4. The van der Waals surface area contributed by atoms with Gasteiger partial charge >= 0.3 is 11.9 Å². The van der Waals surface area contributed by atoms with Crippen LogP contribution in [0.15, 0.2) is 48.6 Å². The van der Waals surface area contributed by atoms with Crippen LogP contribution in [0.3, 0.4) is 0 Å². The summed E-state index contributed by atoms with van der Waals surface area (Å²) in [4.78, 5) is 22.0. The van der Waals surface area contributed by atoms with E-state index in [4.69, 9.17) is 9.84 Å². The van der Waals surface area contributed by atoms with Gasteiger partial charge in [0, 0.05) is 0 Å². The molecule has 0 spiro atoms. The summed E-state index contributed by atoms with van der Waals surface area (Å²) in [6.07, 6.45) is 42.9.